The van der Waals surface area contributed by atoms with E-state index in [-0.39, 0.29) is 17.3 Å². The van der Waals surface area contributed by atoms with Crippen LogP contribution in [0, 0.1) is 12.8 Å². The van der Waals surface area contributed by atoms with E-state index in [1.54, 1.807) is 24.4 Å². The summed E-state index contributed by atoms with van der Waals surface area (Å²) in [6, 6.07) is 10.0. The molecule has 1 aliphatic carbocycles. The van der Waals surface area contributed by atoms with Gasteiger partial charge in [0.15, 0.2) is 0 Å². The van der Waals surface area contributed by atoms with Gasteiger partial charge in [-0.15, -0.1) is 11.3 Å². The molecule has 4 aromatic rings. The number of aliphatic hydroxyl groups is 1. The fraction of sp³-hybridized carbons (Fsp3) is 0.231. The summed E-state index contributed by atoms with van der Waals surface area (Å²) in [4.78, 5) is 25.0. The molecule has 3 N–H and O–H groups in total. The molecule has 3 heterocycles. The van der Waals surface area contributed by atoms with Crippen LogP contribution in [0.25, 0.3) is 10.6 Å². The molecule has 11 heteroatoms. The van der Waals surface area contributed by atoms with Crippen molar-refractivity contribution in [1.82, 2.24) is 15.0 Å². The van der Waals surface area contributed by atoms with Crippen LogP contribution in [-0.2, 0) is 18.2 Å². The number of aromatic carboxylic acids is 1. The van der Waals surface area contributed by atoms with E-state index in [1.807, 2.05) is 19.9 Å². The van der Waals surface area contributed by atoms with Crippen LogP contribution in [0.2, 0.25) is 0 Å². The lowest BCUT2D eigenvalue weighted by atomic mass is 9.89. The highest BCUT2D eigenvalue weighted by Gasteiger charge is 2.47. The molecule has 0 spiro atoms. The normalized spacial score (nSPS) is 19.0. The molecule has 2 atom stereocenters. The van der Waals surface area contributed by atoms with Gasteiger partial charge in [0.25, 0.3) is 0 Å². The number of pyridine rings is 2. The van der Waals surface area contributed by atoms with Gasteiger partial charge in [-0.1, -0.05) is 13.0 Å². The molecule has 190 valence electrons. The van der Waals surface area contributed by atoms with Gasteiger partial charge in [-0.2, -0.15) is 13.2 Å². The average molecular weight is 527 g/mol. The van der Waals surface area contributed by atoms with Crippen LogP contribution in [0.5, 0.6) is 0 Å². The number of aryl methyl sites for hydroxylation is 1. The second-order valence-electron chi connectivity index (χ2n) is 9.05. The fourth-order valence-electron chi connectivity index (χ4n) is 4.57. The van der Waals surface area contributed by atoms with Crippen molar-refractivity contribution >= 4 is 28.9 Å². The van der Waals surface area contributed by atoms with Crippen LogP contribution >= 0.6 is 11.3 Å². The quantitative estimate of drug-likeness (QED) is 0.302. The number of nitrogens with one attached hydrogen (secondary N) is 1. The summed E-state index contributed by atoms with van der Waals surface area (Å²) in [5, 5.41) is 24.3. The highest BCUT2D eigenvalue weighted by molar-refractivity contribution is 7.15. The SMILES string of the molecule is Cc1cc(Nc2cc(C(F)(F)F)ccn2)nc(-c2cnc(C3(O)c4ccc(C(=O)O)cc4CC3C)s2)c1. The van der Waals surface area contributed by atoms with E-state index < -0.39 is 23.3 Å². The van der Waals surface area contributed by atoms with Gasteiger partial charge in [-0.3, -0.25) is 0 Å². The molecule has 1 aliphatic rings. The molecule has 37 heavy (non-hydrogen) atoms. The molecule has 0 amide bonds. The van der Waals surface area contributed by atoms with Gasteiger partial charge in [0.2, 0.25) is 0 Å². The Hall–Kier alpha value is -3.83. The number of anilines is 2. The number of thiazole rings is 1. The summed E-state index contributed by atoms with van der Waals surface area (Å²) in [5.74, 6) is -0.940. The van der Waals surface area contributed by atoms with Crippen LogP contribution in [0.4, 0.5) is 24.8 Å². The average Bonchev–Trinajstić information content (AvgIpc) is 3.42. The molecule has 0 radical (unpaired) electrons. The number of carbonyl (C=O) groups is 1. The highest BCUT2D eigenvalue weighted by Crippen LogP contribution is 2.48. The second-order valence-corrected chi connectivity index (χ2v) is 10.1. The van der Waals surface area contributed by atoms with E-state index in [2.05, 4.69) is 20.3 Å². The van der Waals surface area contributed by atoms with E-state index >= 15 is 0 Å². The number of fused-ring (bicyclic) bond motifs is 1. The first-order chi connectivity index (χ1) is 17.4. The zero-order chi connectivity index (χ0) is 26.5. The van der Waals surface area contributed by atoms with Gasteiger partial charge in [-0.05, 0) is 72.4 Å². The number of nitrogens with zero attached hydrogens (tertiary/aromatic N) is 3. The third-order valence-electron chi connectivity index (χ3n) is 6.40. The minimum Gasteiger partial charge on any atom is -0.478 e. The maximum atomic E-state index is 13.1. The van der Waals surface area contributed by atoms with Crippen molar-refractivity contribution in [2.75, 3.05) is 5.32 Å². The Bertz CT molecular complexity index is 1520. The predicted molar refractivity (Wildman–Crippen MR) is 132 cm³/mol. The van der Waals surface area contributed by atoms with Crippen molar-refractivity contribution in [2.45, 2.75) is 32.0 Å². The van der Waals surface area contributed by atoms with Gasteiger partial charge in [0.1, 0.15) is 22.2 Å². The van der Waals surface area contributed by atoms with Crippen molar-refractivity contribution < 1.29 is 28.2 Å². The number of carboxylic acid groups (broad SMARTS) is 1. The number of carboxylic acids is 1. The van der Waals surface area contributed by atoms with Gasteiger partial charge >= 0.3 is 12.1 Å². The molecule has 5 rings (SSSR count). The van der Waals surface area contributed by atoms with Crippen LogP contribution in [0.15, 0.2) is 54.9 Å². The number of hydrogen-bond donors (Lipinski definition) is 3. The first-order valence-electron chi connectivity index (χ1n) is 11.3. The van der Waals surface area contributed by atoms with Gasteiger partial charge in [-0.25, -0.2) is 19.7 Å². The van der Waals surface area contributed by atoms with Crippen molar-refractivity contribution in [2.24, 2.45) is 5.92 Å². The number of alkyl halides is 3. The Kier molecular flexibility index (Phi) is 5.99. The Morgan fingerprint density at radius 3 is 2.65 bits per heavy atom. The maximum Gasteiger partial charge on any atom is 0.416 e. The van der Waals surface area contributed by atoms with E-state index in [1.165, 1.54) is 17.4 Å². The van der Waals surface area contributed by atoms with Crippen LogP contribution < -0.4 is 5.32 Å². The smallest absolute Gasteiger partial charge is 0.416 e. The van der Waals surface area contributed by atoms with Gasteiger partial charge in [0.05, 0.1) is 21.7 Å². The Labute approximate surface area is 213 Å². The van der Waals surface area contributed by atoms with E-state index in [4.69, 9.17) is 0 Å². The lowest BCUT2D eigenvalue weighted by molar-refractivity contribution is -0.137. The molecular weight excluding hydrogens is 505 g/mol. The van der Waals surface area contributed by atoms with Crippen LogP contribution in [0.1, 0.15) is 44.5 Å². The van der Waals surface area contributed by atoms with E-state index in [9.17, 15) is 28.2 Å². The van der Waals surface area contributed by atoms with Crippen LogP contribution in [-0.4, -0.2) is 31.1 Å². The van der Waals surface area contributed by atoms with Gasteiger partial charge in [0, 0.05) is 12.4 Å². The summed E-state index contributed by atoms with van der Waals surface area (Å²) >= 11 is 1.26. The monoisotopic (exact) mass is 526 g/mol. The third kappa shape index (κ3) is 4.56. The predicted octanol–water partition coefficient (Wildman–Crippen LogP) is 5.80. The number of aromatic nitrogens is 3. The van der Waals surface area contributed by atoms with Crippen molar-refractivity contribution in [1.29, 1.82) is 0 Å². The largest absolute Gasteiger partial charge is 0.478 e. The van der Waals surface area contributed by atoms with Crippen molar-refractivity contribution in [3.8, 4) is 10.6 Å². The molecule has 0 fully saturated rings. The summed E-state index contributed by atoms with van der Waals surface area (Å²) in [7, 11) is 0. The highest BCUT2D eigenvalue weighted by atomic mass is 32.1. The maximum absolute atomic E-state index is 13.1. The number of halogens is 3. The fourth-order valence-corrected chi connectivity index (χ4v) is 5.66. The zero-order valence-corrected chi connectivity index (χ0v) is 20.5. The number of hydrogen-bond acceptors (Lipinski definition) is 7. The topological polar surface area (TPSA) is 108 Å². The Morgan fingerprint density at radius 1 is 1.14 bits per heavy atom. The summed E-state index contributed by atoms with van der Waals surface area (Å²) in [6.07, 6.45) is -1.31. The number of rotatable bonds is 5. The van der Waals surface area contributed by atoms with E-state index in [0.29, 0.717) is 33.4 Å². The standard InChI is InChI=1S/C26H21F3N4O3S/c1-13-7-19(32-22(8-13)33-21-11-17(5-6-30-21)26(27,28)29)20-12-31-24(37-20)25(36)14(2)9-16-10-15(23(34)35)3-4-18(16)25/h3-8,10-12,14,36H,9H2,1-2H3,(H,34,35)(H,30,32,33). The minimum absolute atomic E-state index is 0.00953. The molecule has 3 aromatic heterocycles. The summed E-state index contributed by atoms with van der Waals surface area (Å²) < 4.78 is 39.2. The third-order valence-corrected chi connectivity index (χ3v) is 7.54. The Morgan fingerprint density at radius 2 is 1.92 bits per heavy atom. The molecule has 0 bridgehead atoms. The summed E-state index contributed by atoms with van der Waals surface area (Å²) in [5.41, 5.74) is 0.695. The van der Waals surface area contributed by atoms with Crippen molar-refractivity contribution in [3.05, 3.63) is 87.7 Å². The number of benzene rings is 1. The first-order valence-corrected chi connectivity index (χ1v) is 12.1. The van der Waals surface area contributed by atoms with Crippen LogP contribution in [0.3, 0.4) is 0 Å². The molecular formula is C26H21F3N4O3S. The minimum atomic E-state index is -4.49. The van der Waals surface area contributed by atoms with E-state index in [0.717, 1.165) is 29.5 Å². The Balaban J connectivity index is 1.47. The zero-order valence-electron chi connectivity index (χ0n) is 19.7. The lowest BCUT2D eigenvalue weighted by Gasteiger charge is -2.26. The van der Waals surface area contributed by atoms with Gasteiger partial charge < -0.3 is 15.5 Å². The molecule has 0 aliphatic heterocycles. The lowest BCUT2D eigenvalue weighted by Crippen LogP contribution is -2.30. The summed E-state index contributed by atoms with van der Waals surface area (Å²) in [6.45, 7) is 3.72. The first kappa shape index (κ1) is 24.8. The van der Waals surface area contributed by atoms with Crippen molar-refractivity contribution in [3.63, 3.8) is 0 Å². The molecule has 0 saturated carbocycles. The molecule has 0 saturated heterocycles. The molecule has 1 aromatic carbocycles. The molecule has 7 nitrogen and oxygen atoms in total. The molecule has 2 unspecified atom stereocenters. The second kappa shape index (κ2) is 8.93.